The highest BCUT2D eigenvalue weighted by Crippen LogP contribution is 2.28. The zero-order chi connectivity index (χ0) is 17.6. The second-order valence-corrected chi connectivity index (χ2v) is 6.91. The quantitative estimate of drug-likeness (QED) is 0.614. The largest absolute Gasteiger partial charge is 0.484 e. The van der Waals surface area contributed by atoms with Crippen LogP contribution in [-0.2, 0) is 11.3 Å². The second-order valence-electron chi connectivity index (χ2n) is 6.91. The van der Waals surface area contributed by atoms with E-state index >= 15 is 0 Å². The van der Waals surface area contributed by atoms with Crippen molar-refractivity contribution in [3.8, 4) is 5.75 Å². The summed E-state index contributed by atoms with van der Waals surface area (Å²) in [6.45, 7) is 9.99. The highest BCUT2D eigenvalue weighted by molar-refractivity contribution is 5.80. The summed E-state index contributed by atoms with van der Waals surface area (Å²) < 4.78 is 5.34. The Labute approximate surface area is 144 Å². The Kier molecular flexibility index (Phi) is 6.06. The number of benzene rings is 1. The summed E-state index contributed by atoms with van der Waals surface area (Å²) in [5.41, 5.74) is 6.47. The van der Waals surface area contributed by atoms with E-state index < -0.39 is 5.91 Å². The molecule has 1 fully saturated rings. The molecule has 1 amide bonds. The molecule has 1 aromatic rings. The lowest BCUT2D eigenvalue weighted by atomic mass is 9.93. The van der Waals surface area contributed by atoms with Gasteiger partial charge in [0, 0.05) is 19.6 Å². The molecule has 0 unspecified atom stereocenters. The van der Waals surface area contributed by atoms with E-state index in [1.807, 2.05) is 24.3 Å². The molecule has 0 aromatic heterocycles. The van der Waals surface area contributed by atoms with Crippen LogP contribution in [0.2, 0.25) is 0 Å². The summed E-state index contributed by atoms with van der Waals surface area (Å²) >= 11 is 0. The molecule has 6 heteroatoms. The lowest BCUT2D eigenvalue weighted by Crippen LogP contribution is -2.40. The van der Waals surface area contributed by atoms with Crippen molar-refractivity contribution in [1.29, 1.82) is 0 Å². The molecule has 6 nitrogen and oxygen atoms in total. The predicted molar refractivity (Wildman–Crippen MR) is 95.9 cm³/mol. The van der Waals surface area contributed by atoms with Crippen molar-refractivity contribution in [2.75, 3.05) is 26.2 Å². The molecule has 0 radical (unpaired) electrons. The van der Waals surface area contributed by atoms with Crippen LogP contribution in [0.5, 0.6) is 5.75 Å². The van der Waals surface area contributed by atoms with Crippen molar-refractivity contribution in [3.63, 3.8) is 0 Å². The van der Waals surface area contributed by atoms with Gasteiger partial charge in [0.2, 0.25) is 0 Å². The van der Waals surface area contributed by atoms with Gasteiger partial charge in [-0.25, -0.2) is 4.99 Å². The van der Waals surface area contributed by atoms with Gasteiger partial charge in [-0.1, -0.05) is 26.0 Å². The van der Waals surface area contributed by atoms with Crippen molar-refractivity contribution < 1.29 is 9.53 Å². The number of aliphatic imine (C=N–C) groups is 1. The van der Waals surface area contributed by atoms with Crippen LogP contribution >= 0.6 is 0 Å². The van der Waals surface area contributed by atoms with Crippen molar-refractivity contribution in [3.05, 3.63) is 29.8 Å². The smallest absolute Gasteiger partial charge is 0.255 e. The van der Waals surface area contributed by atoms with Crippen LogP contribution in [-0.4, -0.2) is 43.0 Å². The van der Waals surface area contributed by atoms with E-state index in [9.17, 15) is 4.79 Å². The van der Waals surface area contributed by atoms with Gasteiger partial charge in [0.1, 0.15) is 5.75 Å². The molecule has 24 heavy (non-hydrogen) atoms. The maximum absolute atomic E-state index is 10.8. The number of nitrogens with one attached hydrogen (secondary N) is 1. The minimum Gasteiger partial charge on any atom is -0.484 e. The summed E-state index contributed by atoms with van der Waals surface area (Å²) in [5, 5.41) is 3.37. The number of ether oxygens (including phenoxy) is 1. The minimum atomic E-state index is -0.482. The van der Waals surface area contributed by atoms with Gasteiger partial charge in [-0.15, -0.1) is 0 Å². The number of primary amides is 1. The lowest BCUT2D eigenvalue weighted by Gasteiger charge is -2.23. The average Bonchev–Trinajstić information content (AvgIpc) is 2.90. The van der Waals surface area contributed by atoms with Crippen LogP contribution in [0.1, 0.15) is 32.8 Å². The number of carbonyl (C=O) groups excluding carboxylic acids is 1. The zero-order valence-electron chi connectivity index (χ0n) is 14.8. The Morgan fingerprint density at radius 1 is 1.46 bits per heavy atom. The highest BCUT2D eigenvalue weighted by Gasteiger charge is 2.30. The van der Waals surface area contributed by atoms with Crippen molar-refractivity contribution in [2.45, 2.75) is 33.7 Å². The summed E-state index contributed by atoms with van der Waals surface area (Å²) in [7, 11) is 0. The topological polar surface area (TPSA) is 80.0 Å². The summed E-state index contributed by atoms with van der Waals surface area (Å²) in [5.74, 6) is 1.10. The fraction of sp³-hybridized carbons (Fsp3) is 0.556. The molecule has 0 spiro atoms. The van der Waals surface area contributed by atoms with E-state index in [0.717, 1.165) is 31.2 Å². The zero-order valence-corrected chi connectivity index (χ0v) is 14.8. The molecule has 1 aliphatic heterocycles. The molecule has 0 bridgehead atoms. The maximum Gasteiger partial charge on any atom is 0.255 e. The van der Waals surface area contributed by atoms with Crippen LogP contribution in [0.15, 0.2) is 29.3 Å². The van der Waals surface area contributed by atoms with Crippen LogP contribution in [0, 0.1) is 5.41 Å². The molecule has 0 saturated carbocycles. The number of carbonyl (C=O) groups is 1. The van der Waals surface area contributed by atoms with E-state index in [2.05, 4.69) is 31.0 Å². The molecule has 2 rings (SSSR count). The van der Waals surface area contributed by atoms with Gasteiger partial charge in [0.25, 0.3) is 5.91 Å². The number of nitrogens with two attached hydrogens (primary N) is 1. The van der Waals surface area contributed by atoms with Crippen molar-refractivity contribution in [2.24, 2.45) is 16.1 Å². The monoisotopic (exact) mass is 332 g/mol. The van der Waals surface area contributed by atoms with Gasteiger partial charge in [-0.2, -0.15) is 0 Å². The number of nitrogens with zero attached hydrogens (tertiary/aromatic N) is 2. The SMILES string of the molecule is CCNC(=NCc1cccc(OCC(N)=O)c1)N1CCC(C)(C)C1. The molecule has 3 N–H and O–H groups in total. The molecular weight excluding hydrogens is 304 g/mol. The Morgan fingerprint density at radius 3 is 2.88 bits per heavy atom. The van der Waals surface area contributed by atoms with Crippen LogP contribution in [0.25, 0.3) is 0 Å². The average molecular weight is 332 g/mol. The molecule has 1 aliphatic rings. The Hall–Kier alpha value is -2.24. The molecule has 1 saturated heterocycles. The second kappa shape index (κ2) is 8.04. The van der Waals surface area contributed by atoms with E-state index in [4.69, 9.17) is 15.5 Å². The van der Waals surface area contributed by atoms with Gasteiger partial charge in [0.15, 0.2) is 12.6 Å². The standard InChI is InChI=1S/C18H28N4O2/c1-4-20-17(22-9-8-18(2,3)13-22)21-11-14-6-5-7-15(10-14)24-12-16(19)23/h5-7,10H,4,8-9,11-13H2,1-3H3,(H2,19,23)(H,20,21). The van der Waals surface area contributed by atoms with Crippen LogP contribution in [0.3, 0.4) is 0 Å². The highest BCUT2D eigenvalue weighted by atomic mass is 16.5. The lowest BCUT2D eigenvalue weighted by molar-refractivity contribution is -0.119. The van der Waals surface area contributed by atoms with Crippen LogP contribution < -0.4 is 15.8 Å². The Morgan fingerprint density at radius 2 is 2.25 bits per heavy atom. The molecular formula is C18H28N4O2. The normalized spacial score (nSPS) is 17.0. The third-order valence-corrected chi connectivity index (χ3v) is 4.00. The van der Waals surface area contributed by atoms with Crippen molar-refractivity contribution >= 4 is 11.9 Å². The fourth-order valence-electron chi connectivity index (χ4n) is 2.77. The fourth-order valence-corrected chi connectivity index (χ4v) is 2.77. The molecule has 0 atom stereocenters. The van der Waals surface area contributed by atoms with Crippen molar-refractivity contribution in [1.82, 2.24) is 10.2 Å². The molecule has 1 heterocycles. The first-order valence-corrected chi connectivity index (χ1v) is 8.43. The summed E-state index contributed by atoms with van der Waals surface area (Å²) in [6.07, 6.45) is 1.17. The van der Waals surface area contributed by atoms with E-state index in [-0.39, 0.29) is 6.61 Å². The number of rotatable bonds is 6. The first-order valence-electron chi connectivity index (χ1n) is 8.43. The first kappa shape index (κ1) is 18.1. The van der Waals surface area contributed by atoms with Crippen LogP contribution in [0.4, 0.5) is 0 Å². The van der Waals surface area contributed by atoms with Gasteiger partial charge in [-0.3, -0.25) is 4.79 Å². The molecule has 1 aromatic carbocycles. The number of hydrogen-bond acceptors (Lipinski definition) is 3. The minimum absolute atomic E-state index is 0.113. The van der Waals surface area contributed by atoms with Gasteiger partial charge in [-0.05, 0) is 36.5 Å². The van der Waals surface area contributed by atoms with Gasteiger partial charge < -0.3 is 20.7 Å². The first-order chi connectivity index (χ1) is 11.4. The maximum atomic E-state index is 10.8. The third kappa shape index (κ3) is 5.44. The summed E-state index contributed by atoms with van der Waals surface area (Å²) in [6, 6.07) is 7.60. The Bertz CT molecular complexity index is 598. The molecule has 132 valence electrons. The van der Waals surface area contributed by atoms with E-state index in [1.54, 1.807) is 0 Å². The number of likely N-dealkylation sites (tertiary alicyclic amines) is 1. The molecule has 0 aliphatic carbocycles. The third-order valence-electron chi connectivity index (χ3n) is 4.00. The number of hydrogen-bond donors (Lipinski definition) is 2. The van der Waals surface area contributed by atoms with E-state index in [0.29, 0.717) is 17.7 Å². The Balaban J connectivity index is 2.03. The number of amides is 1. The van der Waals surface area contributed by atoms with Gasteiger partial charge >= 0.3 is 0 Å². The van der Waals surface area contributed by atoms with E-state index in [1.165, 1.54) is 6.42 Å². The number of guanidine groups is 1. The predicted octanol–water partition coefficient (Wildman–Crippen LogP) is 1.75. The summed E-state index contributed by atoms with van der Waals surface area (Å²) in [4.78, 5) is 17.9. The van der Waals surface area contributed by atoms with Gasteiger partial charge in [0.05, 0.1) is 6.54 Å².